The van der Waals surface area contributed by atoms with E-state index in [9.17, 15) is 0 Å². The van der Waals surface area contributed by atoms with Gasteiger partial charge in [0.2, 0.25) is 0 Å². The lowest BCUT2D eigenvalue weighted by atomic mass is 10.1. The van der Waals surface area contributed by atoms with E-state index in [1.807, 2.05) is 0 Å². The van der Waals surface area contributed by atoms with Crippen LogP contribution in [0.15, 0.2) is 4.47 Å². The summed E-state index contributed by atoms with van der Waals surface area (Å²) < 4.78 is 3.38. The van der Waals surface area contributed by atoms with Crippen molar-refractivity contribution >= 4 is 15.9 Å². The molecule has 0 N–H and O–H groups in total. The molecule has 2 heterocycles. The van der Waals surface area contributed by atoms with Crippen LogP contribution < -0.4 is 0 Å². The maximum absolute atomic E-state index is 4.67. The van der Waals surface area contributed by atoms with Crippen molar-refractivity contribution in [1.29, 1.82) is 0 Å². The summed E-state index contributed by atoms with van der Waals surface area (Å²) in [6.07, 6.45) is 3.66. The number of aromatic nitrogens is 2. The molecule has 1 atom stereocenters. The molecule has 1 aliphatic heterocycles. The van der Waals surface area contributed by atoms with E-state index in [1.54, 1.807) is 0 Å². The number of aryl methyl sites for hydroxylation is 2. The van der Waals surface area contributed by atoms with Crippen LogP contribution in [0.2, 0.25) is 0 Å². The molecule has 0 bridgehead atoms. The molecule has 4 heteroatoms. The van der Waals surface area contributed by atoms with Gasteiger partial charge < -0.3 is 0 Å². The van der Waals surface area contributed by atoms with Gasteiger partial charge in [0.05, 0.1) is 15.9 Å². The fraction of sp³-hybridized carbons (Fsp3) is 0.786. The van der Waals surface area contributed by atoms with E-state index in [4.69, 9.17) is 0 Å². The predicted molar refractivity (Wildman–Crippen MR) is 78.7 cm³/mol. The highest BCUT2D eigenvalue weighted by Crippen LogP contribution is 2.26. The highest BCUT2D eigenvalue weighted by atomic mass is 79.9. The van der Waals surface area contributed by atoms with E-state index >= 15 is 0 Å². The van der Waals surface area contributed by atoms with Crippen molar-refractivity contribution in [2.45, 2.75) is 53.1 Å². The molecule has 102 valence electrons. The van der Waals surface area contributed by atoms with Crippen molar-refractivity contribution in [1.82, 2.24) is 14.7 Å². The molecule has 1 fully saturated rings. The minimum Gasteiger partial charge on any atom is -0.297 e. The zero-order chi connectivity index (χ0) is 13.1. The topological polar surface area (TPSA) is 21.1 Å². The second-order valence-electron chi connectivity index (χ2n) is 5.17. The van der Waals surface area contributed by atoms with Gasteiger partial charge in [0.1, 0.15) is 0 Å². The van der Waals surface area contributed by atoms with Crippen LogP contribution in [0.3, 0.4) is 0 Å². The van der Waals surface area contributed by atoms with Crippen LogP contribution in [0.4, 0.5) is 0 Å². The summed E-state index contributed by atoms with van der Waals surface area (Å²) in [6, 6.07) is 0. The van der Waals surface area contributed by atoms with Crippen molar-refractivity contribution in [3.63, 3.8) is 0 Å². The van der Waals surface area contributed by atoms with Gasteiger partial charge in [-0.1, -0.05) is 20.3 Å². The maximum atomic E-state index is 4.67. The van der Waals surface area contributed by atoms with Gasteiger partial charge in [-0.05, 0) is 48.2 Å². The van der Waals surface area contributed by atoms with Gasteiger partial charge in [0.25, 0.3) is 0 Å². The number of nitrogens with zero attached hydrogens (tertiary/aromatic N) is 3. The molecule has 0 amide bonds. The first-order valence-electron chi connectivity index (χ1n) is 7.15. The van der Waals surface area contributed by atoms with Gasteiger partial charge in [-0.25, -0.2) is 0 Å². The molecule has 0 aliphatic carbocycles. The fourth-order valence-electron chi connectivity index (χ4n) is 2.77. The second-order valence-corrected chi connectivity index (χ2v) is 5.97. The molecule has 0 radical (unpaired) electrons. The van der Waals surface area contributed by atoms with E-state index in [0.717, 1.165) is 25.4 Å². The third-order valence-electron chi connectivity index (χ3n) is 4.01. The van der Waals surface area contributed by atoms with E-state index < -0.39 is 0 Å². The molecule has 0 aromatic carbocycles. The maximum Gasteiger partial charge on any atom is 0.0767 e. The Morgan fingerprint density at radius 3 is 2.67 bits per heavy atom. The van der Waals surface area contributed by atoms with Gasteiger partial charge in [-0.15, -0.1) is 0 Å². The Kier molecular flexibility index (Phi) is 4.84. The Morgan fingerprint density at radius 2 is 2.11 bits per heavy atom. The number of rotatable bonds is 5. The average Bonchev–Trinajstić information content (AvgIpc) is 2.96. The minimum atomic E-state index is 0.896. The monoisotopic (exact) mass is 313 g/mol. The highest BCUT2D eigenvalue weighted by Gasteiger charge is 2.23. The van der Waals surface area contributed by atoms with Crippen LogP contribution in [0.1, 0.15) is 45.0 Å². The SMILES string of the molecule is CCc1nn(CC)c(CN2CCC(CC)C2)c1Br. The molecule has 1 aromatic heterocycles. The first kappa shape index (κ1) is 14.1. The number of likely N-dealkylation sites (tertiary alicyclic amines) is 1. The van der Waals surface area contributed by atoms with E-state index in [2.05, 4.69) is 51.4 Å². The van der Waals surface area contributed by atoms with Gasteiger partial charge in [-0.3, -0.25) is 9.58 Å². The molecule has 1 saturated heterocycles. The second kappa shape index (κ2) is 6.20. The zero-order valence-corrected chi connectivity index (χ0v) is 13.3. The van der Waals surface area contributed by atoms with Crippen LogP contribution in [0, 0.1) is 5.92 Å². The Bertz CT molecular complexity index is 400. The third kappa shape index (κ3) is 2.80. The van der Waals surface area contributed by atoms with Gasteiger partial charge in [0.15, 0.2) is 0 Å². The highest BCUT2D eigenvalue weighted by molar-refractivity contribution is 9.10. The Morgan fingerprint density at radius 1 is 1.33 bits per heavy atom. The predicted octanol–water partition coefficient (Wildman–Crippen LogP) is 3.46. The third-order valence-corrected chi connectivity index (χ3v) is 4.93. The molecule has 1 aromatic rings. The summed E-state index contributed by atoms with van der Waals surface area (Å²) in [5.41, 5.74) is 2.55. The smallest absolute Gasteiger partial charge is 0.0767 e. The number of hydrogen-bond acceptors (Lipinski definition) is 2. The number of hydrogen-bond donors (Lipinski definition) is 0. The Balaban J connectivity index is 2.11. The summed E-state index contributed by atoms with van der Waals surface area (Å²) in [5, 5.41) is 4.67. The lowest BCUT2D eigenvalue weighted by Crippen LogP contribution is -2.22. The van der Waals surface area contributed by atoms with E-state index in [1.165, 1.54) is 41.8 Å². The lowest BCUT2D eigenvalue weighted by Gasteiger charge is -2.16. The molecule has 2 rings (SSSR count). The summed E-state index contributed by atoms with van der Waals surface area (Å²) in [6.45, 7) is 11.1. The van der Waals surface area contributed by atoms with Gasteiger partial charge in [-0.2, -0.15) is 5.10 Å². The summed E-state index contributed by atoms with van der Waals surface area (Å²) in [4.78, 5) is 2.57. The van der Waals surface area contributed by atoms with Gasteiger partial charge in [0, 0.05) is 19.6 Å². The van der Waals surface area contributed by atoms with Crippen LogP contribution in [0.5, 0.6) is 0 Å². The molecule has 3 nitrogen and oxygen atoms in total. The largest absolute Gasteiger partial charge is 0.297 e. The Hall–Kier alpha value is -0.350. The van der Waals surface area contributed by atoms with Crippen LogP contribution in [0.25, 0.3) is 0 Å². The minimum absolute atomic E-state index is 0.896. The summed E-state index contributed by atoms with van der Waals surface area (Å²) >= 11 is 3.73. The van der Waals surface area contributed by atoms with E-state index in [0.29, 0.717) is 0 Å². The molecule has 0 spiro atoms. The van der Waals surface area contributed by atoms with Crippen molar-refractivity contribution in [3.8, 4) is 0 Å². The average molecular weight is 314 g/mol. The molecule has 1 aliphatic rings. The molecule has 18 heavy (non-hydrogen) atoms. The van der Waals surface area contributed by atoms with Gasteiger partial charge >= 0.3 is 0 Å². The van der Waals surface area contributed by atoms with Crippen LogP contribution >= 0.6 is 15.9 Å². The summed E-state index contributed by atoms with van der Waals surface area (Å²) in [7, 11) is 0. The molecular formula is C14H24BrN3. The van der Waals surface area contributed by atoms with Crippen molar-refractivity contribution in [2.75, 3.05) is 13.1 Å². The lowest BCUT2D eigenvalue weighted by molar-refractivity contribution is 0.303. The first-order valence-corrected chi connectivity index (χ1v) is 7.95. The van der Waals surface area contributed by atoms with E-state index in [-0.39, 0.29) is 0 Å². The quantitative estimate of drug-likeness (QED) is 0.830. The summed E-state index contributed by atoms with van der Waals surface area (Å²) in [5.74, 6) is 0.896. The Labute approximate surface area is 119 Å². The van der Waals surface area contributed by atoms with Crippen LogP contribution in [-0.2, 0) is 19.5 Å². The normalized spacial score (nSPS) is 20.8. The molecule has 0 saturated carbocycles. The van der Waals surface area contributed by atoms with Crippen molar-refractivity contribution in [3.05, 3.63) is 15.9 Å². The zero-order valence-electron chi connectivity index (χ0n) is 11.7. The molecular weight excluding hydrogens is 290 g/mol. The van der Waals surface area contributed by atoms with Crippen LogP contribution in [-0.4, -0.2) is 27.8 Å². The fourth-order valence-corrected chi connectivity index (χ4v) is 3.46. The first-order chi connectivity index (χ1) is 8.69. The number of halogens is 1. The van der Waals surface area contributed by atoms with Crippen molar-refractivity contribution in [2.24, 2.45) is 5.92 Å². The molecule has 1 unspecified atom stereocenters. The standard InChI is InChI=1S/C14H24BrN3/c1-4-11-7-8-17(9-11)10-13-14(15)12(5-2)16-18(13)6-3/h11H,4-10H2,1-3H3. The van der Waals surface area contributed by atoms with Crippen molar-refractivity contribution < 1.29 is 0 Å².